The van der Waals surface area contributed by atoms with E-state index in [0.29, 0.717) is 22.9 Å². The van der Waals surface area contributed by atoms with Crippen LogP contribution in [0.3, 0.4) is 0 Å². The van der Waals surface area contributed by atoms with E-state index in [0.717, 1.165) is 8.95 Å². The van der Waals surface area contributed by atoms with Crippen LogP contribution < -0.4 is 10.5 Å². The Balaban J connectivity index is 2.36. The van der Waals surface area contributed by atoms with E-state index in [4.69, 9.17) is 15.7 Å². The number of rotatable bonds is 3. The highest BCUT2D eigenvalue weighted by Gasteiger charge is 2.08. The lowest BCUT2D eigenvalue weighted by Gasteiger charge is -2.09. The topological polar surface area (TPSA) is 80.7 Å². The van der Waals surface area contributed by atoms with Crippen molar-refractivity contribution in [1.29, 1.82) is 0 Å². The largest absolute Gasteiger partial charge is 0.438 e. The Morgan fingerprint density at radius 1 is 1.30 bits per heavy atom. The number of nitrogens with zero attached hydrogens (tertiary/aromatic N) is 2. The van der Waals surface area contributed by atoms with E-state index in [-0.39, 0.29) is 5.84 Å². The first kappa shape index (κ1) is 14.8. The molecule has 1 aromatic carbocycles. The van der Waals surface area contributed by atoms with Crippen molar-refractivity contribution in [2.45, 2.75) is 6.92 Å². The van der Waals surface area contributed by atoms with Gasteiger partial charge in [0.1, 0.15) is 5.75 Å². The Bertz CT molecular complexity index is 675. The van der Waals surface area contributed by atoms with Gasteiger partial charge >= 0.3 is 0 Å². The lowest BCUT2D eigenvalue weighted by atomic mass is 10.2. The lowest BCUT2D eigenvalue weighted by Crippen LogP contribution is -2.13. The standard InChI is InChI=1S/C13H11Br2N3O2/c1-7-4-8(13(16)18-19)5-12(17-7)20-11-3-2-9(14)6-10(11)15/h2-6,19H,1H3,(H2,16,18). The van der Waals surface area contributed by atoms with Crippen molar-refractivity contribution in [3.8, 4) is 11.6 Å². The van der Waals surface area contributed by atoms with Crippen molar-refractivity contribution < 1.29 is 9.94 Å². The molecule has 0 saturated heterocycles. The minimum absolute atomic E-state index is 0.00946. The minimum atomic E-state index is 0.00946. The highest BCUT2D eigenvalue weighted by Crippen LogP contribution is 2.31. The quantitative estimate of drug-likeness (QED) is 0.355. The molecule has 7 heteroatoms. The molecular weight excluding hydrogens is 390 g/mol. The van der Waals surface area contributed by atoms with E-state index < -0.39 is 0 Å². The average Bonchev–Trinajstić information content (AvgIpc) is 2.40. The summed E-state index contributed by atoms with van der Waals surface area (Å²) in [6.07, 6.45) is 0. The van der Waals surface area contributed by atoms with Gasteiger partial charge in [0.15, 0.2) is 5.84 Å². The summed E-state index contributed by atoms with van der Waals surface area (Å²) in [7, 11) is 0. The summed E-state index contributed by atoms with van der Waals surface area (Å²) in [6, 6.07) is 8.85. The van der Waals surface area contributed by atoms with Crippen LogP contribution in [0, 0.1) is 6.92 Å². The molecule has 0 spiro atoms. The Labute approximate surface area is 132 Å². The minimum Gasteiger partial charge on any atom is -0.438 e. The molecular formula is C13H11Br2N3O2. The number of nitrogens with two attached hydrogens (primary N) is 1. The van der Waals surface area contributed by atoms with Crippen LogP contribution in [-0.4, -0.2) is 16.0 Å². The molecule has 104 valence electrons. The van der Waals surface area contributed by atoms with Crippen LogP contribution >= 0.6 is 31.9 Å². The molecule has 0 aliphatic carbocycles. The second-order valence-electron chi connectivity index (χ2n) is 4.00. The molecule has 3 N–H and O–H groups in total. The zero-order chi connectivity index (χ0) is 14.7. The molecule has 1 heterocycles. The van der Waals surface area contributed by atoms with E-state index in [9.17, 15) is 0 Å². The molecule has 0 aliphatic rings. The van der Waals surface area contributed by atoms with Crippen molar-refractivity contribution in [2.75, 3.05) is 0 Å². The summed E-state index contributed by atoms with van der Waals surface area (Å²) in [6.45, 7) is 1.80. The van der Waals surface area contributed by atoms with Gasteiger partial charge in [-0.25, -0.2) is 4.98 Å². The van der Waals surface area contributed by atoms with Crippen molar-refractivity contribution in [3.63, 3.8) is 0 Å². The predicted molar refractivity (Wildman–Crippen MR) is 83.4 cm³/mol. The predicted octanol–water partition coefficient (Wildman–Crippen LogP) is 3.80. The third-order valence-corrected chi connectivity index (χ3v) is 3.55. The van der Waals surface area contributed by atoms with E-state index in [1.165, 1.54) is 0 Å². The summed E-state index contributed by atoms with van der Waals surface area (Å²) in [4.78, 5) is 4.26. The molecule has 20 heavy (non-hydrogen) atoms. The highest BCUT2D eigenvalue weighted by molar-refractivity contribution is 9.11. The van der Waals surface area contributed by atoms with Gasteiger partial charge in [-0.1, -0.05) is 21.1 Å². The van der Waals surface area contributed by atoms with Gasteiger partial charge in [-0.2, -0.15) is 0 Å². The van der Waals surface area contributed by atoms with Crippen LogP contribution in [0.2, 0.25) is 0 Å². The lowest BCUT2D eigenvalue weighted by molar-refractivity contribution is 0.318. The van der Waals surface area contributed by atoms with Gasteiger partial charge in [0.2, 0.25) is 5.88 Å². The van der Waals surface area contributed by atoms with Crippen LogP contribution in [0.15, 0.2) is 44.4 Å². The van der Waals surface area contributed by atoms with Crippen molar-refractivity contribution in [3.05, 3.63) is 50.5 Å². The Hall–Kier alpha value is -1.60. The monoisotopic (exact) mass is 399 g/mol. The first-order valence-electron chi connectivity index (χ1n) is 5.59. The van der Waals surface area contributed by atoms with Crippen LogP contribution in [0.4, 0.5) is 0 Å². The number of hydrogen-bond acceptors (Lipinski definition) is 4. The summed E-state index contributed by atoms with van der Waals surface area (Å²) >= 11 is 6.79. The maximum Gasteiger partial charge on any atom is 0.220 e. The fourth-order valence-electron chi connectivity index (χ4n) is 1.57. The van der Waals surface area contributed by atoms with Gasteiger partial charge < -0.3 is 15.7 Å². The molecule has 2 aromatic rings. The zero-order valence-corrected chi connectivity index (χ0v) is 13.6. The van der Waals surface area contributed by atoms with Crippen LogP contribution in [0.1, 0.15) is 11.3 Å². The van der Waals surface area contributed by atoms with E-state index in [1.807, 2.05) is 12.1 Å². The fraction of sp³-hybridized carbons (Fsp3) is 0.0769. The van der Waals surface area contributed by atoms with Gasteiger partial charge in [0.25, 0.3) is 0 Å². The number of ether oxygens (including phenoxy) is 1. The van der Waals surface area contributed by atoms with Gasteiger partial charge in [-0.15, -0.1) is 0 Å². The van der Waals surface area contributed by atoms with Gasteiger partial charge in [0.05, 0.1) is 4.47 Å². The number of oxime groups is 1. The fourth-order valence-corrected chi connectivity index (χ4v) is 2.69. The van der Waals surface area contributed by atoms with E-state index >= 15 is 0 Å². The normalized spacial score (nSPS) is 11.4. The van der Waals surface area contributed by atoms with Gasteiger partial charge in [-0.3, -0.25) is 0 Å². The molecule has 0 amide bonds. The number of pyridine rings is 1. The Kier molecular flexibility index (Phi) is 4.61. The Morgan fingerprint density at radius 3 is 2.70 bits per heavy atom. The molecule has 0 unspecified atom stereocenters. The number of aryl methyl sites for hydroxylation is 1. The average molecular weight is 401 g/mol. The zero-order valence-electron chi connectivity index (χ0n) is 10.5. The molecule has 0 fully saturated rings. The molecule has 0 atom stereocenters. The first-order valence-corrected chi connectivity index (χ1v) is 7.17. The second-order valence-corrected chi connectivity index (χ2v) is 5.77. The smallest absolute Gasteiger partial charge is 0.220 e. The molecule has 1 aromatic heterocycles. The van der Waals surface area contributed by atoms with Crippen LogP contribution in [0.25, 0.3) is 0 Å². The highest BCUT2D eigenvalue weighted by atomic mass is 79.9. The van der Waals surface area contributed by atoms with Gasteiger partial charge in [-0.05, 0) is 47.1 Å². The maximum absolute atomic E-state index is 8.72. The molecule has 0 radical (unpaired) electrons. The maximum atomic E-state index is 8.72. The SMILES string of the molecule is Cc1cc(/C(N)=N/O)cc(Oc2ccc(Br)cc2Br)n1. The number of halogens is 2. The number of amidine groups is 1. The Morgan fingerprint density at radius 2 is 2.05 bits per heavy atom. The van der Waals surface area contributed by atoms with E-state index in [2.05, 4.69) is 42.0 Å². The number of hydrogen-bond donors (Lipinski definition) is 2. The summed E-state index contributed by atoms with van der Waals surface area (Å²) in [5, 5.41) is 11.7. The van der Waals surface area contributed by atoms with E-state index in [1.54, 1.807) is 25.1 Å². The summed E-state index contributed by atoms with van der Waals surface area (Å²) in [5.74, 6) is 1.00. The van der Waals surface area contributed by atoms with Gasteiger partial charge in [0, 0.05) is 21.8 Å². The van der Waals surface area contributed by atoms with Crippen molar-refractivity contribution in [1.82, 2.24) is 4.98 Å². The van der Waals surface area contributed by atoms with Crippen molar-refractivity contribution >= 4 is 37.7 Å². The molecule has 5 nitrogen and oxygen atoms in total. The van der Waals surface area contributed by atoms with Crippen LogP contribution in [0.5, 0.6) is 11.6 Å². The molecule has 0 bridgehead atoms. The second kappa shape index (κ2) is 6.23. The third-order valence-electron chi connectivity index (χ3n) is 2.44. The summed E-state index contributed by atoms with van der Waals surface area (Å²) in [5.41, 5.74) is 6.83. The first-order chi connectivity index (χ1) is 9.49. The third kappa shape index (κ3) is 3.49. The van der Waals surface area contributed by atoms with Crippen molar-refractivity contribution in [2.24, 2.45) is 10.9 Å². The summed E-state index contributed by atoms with van der Waals surface area (Å²) < 4.78 is 7.44. The molecule has 2 rings (SSSR count). The molecule has 0 aliphatic heterocycles. The number of benzene rings is 1. The van der Waals surface area contributed by atoms with Crippen LogP contribution in [-0.2, 0) is 0 Å². The number of aromatic nitrogens is 1. The molecule has 0 saturated carbocycles.